The zero-order chi connectivity index (χ0) is 15.0. The summed E-state index contributed by atoms with van der Waals surface area (Å²) in [5.74, 6) is 2.20. The molecule has 1 aromatic carbocycles. The van der Waals surface area contributed by atoms with Crippen LogP contribution in [0.25, 0.3) is 11.0 Å². The van der Waals surface area contributed by atoms with Crippen molar-refractivity contribution in [2.24, 2.45) is 5.92 Å². The van der Waals surface area contributed by atoms with Gasteiger partial charge in [-0.3, -0.25) is 0 Å². The third kappa shape index (κ3) is 2.91. The quantitative estimate of drug-likeness (QED) is 0.603. The van der Waals surface area contributed by atoms with Crippen LogP contribution in [0.5, 0.6) is 0 Å². The molecule has 0 unspecified atom stereocenters. The summed E-state index contributed by atoms with van der Waals surface area (Å²) in [7, 11) is 0. The van der Waals surface area contributed by atoms with Crippen LogP contribution in [0, 0.1) is 5.92 Å². The van der Waals surface area contributed by atoms with E-state index in [4.69, 9.17) is 34.8 Å². The fourth-order valence-corrected chi connectivity index (χ4v) is 3.96. The summed E-state index contributed by atoms with van der Waals surface area (Å²) in [6, 6.07) is 4.24. The Morgan fingerprint density at radius 1 is 1.14 bits per heavy atom. The summed E-state index contributed by atoms with van der Waals surface area (Å²) in [6.07, 6.45) is 6.22. The van der Waals surface area contributed by atoms with E-state index in [9.17, 15) is 0 Å². The van der Waals surface area contributed by atoms with Gasteiger partial charge in [-0.1, -0.05) is 36.5 Å². The van der Waals surface area contributed by atoms with Gasteiger partial charge in [0.25, 0.3) is 0 Å². The predicted molar refractivity (Wildman–Crippen MR) is 90.6 cm³/mol. The Labute approximate surface area is 140 Å². The van der Waals surface area contributed by atoms with Gasteiger partial charge in [-0.25, -0.2) is 4.98 Å². The third-order valence-electron chi connectivity index (χ3n) is 4.68. The molecule has 1 saturated carbocycles. The fraction of sp³-hybridized carbons (Fsp3) is 0.562. The highest BCUT2D eigenvalue weighted by Crippen LogP contribution is 2.38. The van der Waals surface area contributed by atoms with E-state index < -0.39 is 0 Å². The molecule has 0 spiro atoms. The lowest BCUT2D eigenvalue weighted by Gasteiger charge is -2.30. The molecular formula is C16H19Cl3N2. The Morgan fingerprint density at radius 3 is 2.43 bits per heavy atom. The van der Waals surface area contributed by atoms with Gasteiger partial charge in [-0.2, -0.15) is 0 Å². The molecule has 0 saturated heterocycles. The Bertz CT molecular complexity index is 642. The largest absolute Gasteiger partial charge is 0.324 e. The van der Waals surface area contributed by atoms with Gasteiger partial charge < -0.3 is 4.57 Å². The Morgan fingerprint density at radius 2 is 1.81 bits per heavy atom. The van der Waals surface area contributed by atoms with E-state index in [-0.39, 0.29) is 0 Å². The SMILES string of the molecule is CCC1CCC(n2c(CCl)nc3cc(Cl)c(Cl)cc32)CC1. The second-order valence-electron chi connectivity index (χ2n) is 5.87. The van der Waals surface area contributed by atoms with Crippen LogP contribution in [0.4, 0.5) is 0 Å². The molecule has 2 nitrogen and oxygen atoms in total. The lowest BCUT2D eigenvalue weighted by molar-refractivity contribution is 0.270. The normalized spacial score (nSPS) is 22.9. The number of nitrogens with zero attached hydrogens (tertiary/aromatic N) is 2. The Kier molecular flexibility index (Phi) is 4.68. The highest BCUT2D eigenvalue weighted by atomic mass is 35.5. The molecule has 21 heavy (non-hydrogen) atoms. The maximum atomic E-state index is 6.19. The van der Waals surface area contributed by atoms with Gasteiger partial charge in [0, 0.05) is 6.04 Å². The number of aromatic nitrogens is 2. The van der Waals surface area contributed by atoms with Crippen molar-refractivity contribution in [2.45, 2.75) is 50.9 Å². The second kappa shape index (κ2) is 6.36. The second-order valence-corrected chi connectivity index (χ2v) is 6.95. The summed E-state index contributed by atoms with van der Waals surface area (Å²) in [5.41, 5.74) is 1.94. The first kappa shape index (κ1) is 15.5. The van der Waals surface area contributed by atoms with E-state index in [1.165, 1.54) is 32.1 Å². The molecule has 0 radical (unpaired) electrons. The standard InChI is InChI=1S/C16H19Cl3N2/c1-2-10-3-5-11(6-4-10)21-15-8-13(19)12(18)7-14(15)20-16(21)9-17/h7-8,10-11H,2-6,9H2,1H3. The van der Waals surface area contributed by atoms with Crippen molar-refractivity contribution in [3.63, 3.8) is 0 Å². The van der Waals surface area contributed by atoms with Gasteiger partial charge in [0.15, 0.2) is 0 Å². The highest BCUT2D eigenvalue weighted by Gasteiger charge is 2.25. The molecule has 1 aromatic heterocycles. The van der Waals surface area contributed by atoms with Crippen molar-refractivity contribution in [3.05, 3.63) is 28.0 Å². The van der Waals surface area contributed by atoms with E-state index in [1.54, 1.807) is 0 Å². The number of benzene rings is 1. The highest BCUT2D eigenvalue weighted by molar-refractivity contribution is 6.42. The van der Waals surface area contributed by atoms with Crippen LogP contribution in [0.15, 0.2) is 12.1 Å². The Hall–Kier alpha value is -0.440. The third-order valence-corrected chi connectivity index (χ3v) is 5.64. The minimum absolute atomic E-state index is 0.414. The van der Waals surface area contributed by atoms with Crippen molar-refractivity contribution in [1.29, 1.82) is 0 Å². The van der Waals surface area contributed by atoms with Crippen LogP contribution in [0.1, 0.15) is 50.9 Å². The van der Waals surface area contributed by atoms with Crippen molar-refractivity contribution < 1.29 is 0 Å². The van der Waals surface area contributed by atoms with Crippen LogP contribution in [0.3, 0.4) is 0 Å². The van der Waals surface area contributed by atoms with E-state index in [0.717, 1.165) is 22.8 Å². The number of rotatable bonds is 3. The summed E-state index contributed by atoms with van der Waals surface area (Å²) in [6.45, 7) is 2.28. The molecule has 0 amide bonds. The Balaban J connectivity index is 2.02. The van der Waals surface area contributed by atoms with Gasteiger partial charge in [0.2, 0.25) is 0 Å². The van der Waals surface area contributed by atoms with Crippen LogP contribution < -0.4 is 0 Å². The summed E-state index contributed by atoms with van der Waals surface area (Å²) >= 11 is 18.4. The minimum Gasteiger partial charge on any atom is -0.324 e. The van der Waals surface area contributed by atoms with Crippen molar-refractivity contribution >= 4 is 45.8 Å². The zero-order valence-corrected chi connectivity index (χ0v) is 14.3. The van der Waals surface area contributed by atoms with E-state index in [0.29, 0.717) is 22.0 Å². The maximum Gasteiger partial charge on any atom is 0.125 e. The van der Waals surface area contributed by atoms with Gasteiger partial charge in [0.1, 0.15) is 5.82 Å². The molecule has 2 aromatic rings. The molecule has 1 fully saturated rings. The topological polar surface area (TPSA) is 17.8 Å². The number of fused-ring (bicyclic) bond motifs is 1. The van der Waals surface area contributed by atoms with Crippen LogP contribution in [-0.2, 0) is 5.88 Å². The zero-order valence-electron chi connectivity index (χ0n) is 12.1. The van der Waals surface area contributed by atoms with Gasteiger partial charge in [-0.15, -0.1) is 11.6 Å². The first-order valence-electron chi connectivity index (χ1n) is 7.55. The number of halogens is 3. The molecule has 0 N–H and O–H groups in total. The number of imidazole rings is 1. The first-order chi connectivity index (χ1) is 10.1. The molecular weight excluding hydrogens is 327 g/mol. The monoisotopic (exact) mass is 344 g/mol. The van der Waals surface area contributed by atoms with E-state index >= 15 is 0 Å². The van der Waals surface area contributed by atoms with Gasteiger partial charge >= 0.3 is 0 Å². The lowest BCUT2D eigenvalue weighted by atomic mass is 9.84. The summed E-state index contributed by atoms with van der Waals surface area (Å²) in [4.78, 5) is 4.64. The van der Waals surface area contributed by atoms with Crippen molar-refractivity contribution in [3.8, 4) is 0 Å². The van der Waals surface area contributed by atoms with Gasteiger partial charge in [0.05, 0.1) is 27.0 Å². The molecule has 0 aliphatic heterocycles. The number of hydrogen-bond donors (Lipinski definition) is 0. The molecule has 1 heterocycles. The average Bonchev–Trinajstić information content (AvgIpc) is 2.85. The lowest BCUT2D eigenvalue weighted by Crippen LogP contribution is -2.19. The van der Waals surface area contributed by atoms with Crippen LogP contribution in [0.2, 0.25) is 10.0 Å². The first-order valence-corrected chi connectivity index (χ1v) is 8.84. The summed E-state index contributed by atoms with van der Waals surface area (Å²) in [5, 5.41) is 1.12. The van der Waals surface area contributed by atoms with Crippen molar-refractivity contribution in [1.82, 2.24) is 9.55 Å². The number of alkyl halides is 1. The summed E-state index contributed by atoms with van der Waals surface area (Å²) < 4.78 is 2.29. The van der Waals surface area contributed by atoms with Crippen LogP contribution in [-0.4, -0.2) is 9.55 Å². The van der Waals surface area contributed by atoms with Gasteiger partial charge in [-0.05, 0) is 43.7 Å². The smallest absolute Gasteiger partial charge is 0.125 e. The molecule has 1 aliphatic rings. The van der Waals surface area contributed by atoms with E-state index in [2.05, 4.69) is 16.5 Å². The molecule has 1 aliphatic carbocycles. The molecule has 114 valence electrons. The fourth-order valence-electron chi connectivity index (χ4n) is 3.45. The maximum absolute atomic E-state index is 6.19. The van der Waals surface area contributed by atoms with Crippen LogP contribution >= 0.6 is 34.8 Å². The molecule has 0 bridgehead atoms. The molecule has 5 heteroatoms. The average molecular weight is 346 g/mol. The van der Waals surface area contributed by atoms with Crippen molar-refractivity contribution in [2.75, 3.05) is 0 Å². The number of hydrogen-bond acceptors (Lipinski definition) is 1. The molecule has 3 rings (SSSR count). The van der Waals surface area contributed by atoms with E-state index in [1.807, 2.05) is 12.1 Å². The molecule has 0 atom stereocenters. The minimum atomic E-state index is 0.414. The predicted octanol–water partition coefficient (Wildman–Crippen LogP) is 6.22.